The zero-order chi connectivity index (χ0) is 12.3. The number of rotatable bonds is 5. The zero-order valence-corrected chi connectivity index (χ0v) is 11.8. The number of aryl methyl sites for hydroxylation is 2. The van der Waals surface area contributed by atoms with Gasteiger partial charge in [0.2, 0.25) is 0 Å². The molecule has 2 atom stereocenters. The van der Waals surface area contributed by atoms with Crippen LogP contribution in [0.4, 0.5) is 0 Å². The van der Waals surface area contributed by atoms with Crippen molar-refractivity contribution < 1.29 is 4.74 Å². The number of hydrogen-bond acceptors (Lipinski definition) is 4. The number of ether oxygens (including phenoxy) is 1. The molecular formula is C13H22N2OS. The molecule has 17 heavy (non-hydrogen) atoms. The highest BCUT2D eigenvalue weighted by Gasteiger charge is 2.28. The number of nitrogens with zero attached hydrogens (tertiary/aromatic N) is 1. The Morgan fingerprint density at radius 1 is 1.53 bits per heavy atom. The quantitative estimate of drug-likeness (QED) is 0.877. The van der Waals surface area contributed by atoms with E-state index < -0.39 is 0 Å². The zero-order valence-electron chi connectivity index (χ0n) is 11.0. The third-order valence-electron chi connectivity index (χ3n) is 3.36. The van der Waals surface area contributed by atoms with Gasteiger partial charge in [-0.1, -0.05) is 6.92 Å². The lowest BCUT2D eigenvalue weighted by Gasteiger charge is -2.21. The molecule has 0 bridgehead atoms. The van der Waals surface area contributed by atoms with Crippen LogP contribution in [0.2, 0.25) is 0 Å². The third kappa shape index (κ3) is 3.06. The molecule has 0 amide bonds. The summed E-state index contributed by atoms with van der Waals surface area (Å²) >= 11 is 1.83. The van der Waals surface area contributed by atoms with E-state index in [1.54, 1.807) is 0 Å². The molecule has 0 saturated carbocycles. The van der Waals surface area contributed by atoms with Gasteiger partial charge in [-0.3, -0.25) is 0 Å². The molecule has 1 aliphatic rings. The average molecular weight is 254 g/mol. The first-order chi connectivity index (χ1) is 8.22. The van der Waals surface area contributed by atoms with Crippen molar-refractivity contribution in [3.05, 3.63) is 15.6 Å². The van der Waals surface area contributed by atoms with Crippen molar-refractivity contribution in [2.24, 2.45) is 5.92 Å². The minimum Gasteiger partial charge on any atom is -0.381 e. The van der Waals surface area contributed by atoms with E-state index in [0.717, 1.165) is 32.6 Å². The summed E-state index contributed by atoms with van der Waals surface area (Å²) < 4.78 is 5.51. The topological polar surface area (TPSA) is 34.2 Å². The Labute approximate surface area is 108 Å². The second-order valence-electron chi connectivity index (χ2n) is 4.75. The highest BCUT2D eigenvalue weighted by Crippen LogP contribution is 2.32. The molecule has 4 heteroatoms. The van der Waals surface area contributed by atoms with Gasteiger partial charge in [0.25, 0.3) is 0 Å². The van der Waals surface area contributed by atoms with Gasteiger partial charge in [-0.15, -0.1) is 11.3 Å². The maximum atomic E-state index is 5.51. The molecule has 1 aromatic heterocycles. The number of nitrogens with one attached hydrogen (secondary N) is 1. The molecule has 1 saturated heterocycles. The van der Waals surface area contributed by atoms with E-state index in [4.69, 9.17) is 9.72 Å². The van der Waals surface area contributed by atoms with Crippen molar-refractivity contribution in [3.8, 4) is 0 Å². The minimum atomic E-state index is 0.384. The summed E-state index contributed by atoms with van der Waals surface area (Å²) in [4.78, 5) is 6.04. The fourth-order valence-electron chi connectivity index (χ4n) is 2.20. The number of thiazole rings is 1. The van der Waals surface area contributed by atoms with Gasteiger partial charge >= 0.3 is 0 Å². The fraction of sp³-hybridized carbons (Fsp3) is 0.769. The van der Waals surface area contributed by atoms with Crippen LogP contribution in [0.3, 0.4) is 0 Å². The van der Waals surface area contributed by atoms with Gasteiger partial charge in [0.15, 0.2) is 0 Å². The summed E-state index contributed by atoms with van der Waals surface area (Å²) in [5.74, 6) is 0.589. The molecule has 2 heterocycles. The van der Waals surface area contributed by atoms with E-state index in [-0.39, 0.29) is 0 Å². The maximum Gasteiger partial charge on any atom is 0.110 e. The molecule has 1 aromatic rings. The molecule has 0 radical (unpaired) electrons. The van der Waals surface area contributed by atoms with Crippen LogP contribution in [0, 0.1) is 19.8 Å². The highest BCUT2D eigenvalue weighted by atomic mass is 32.1. The van der Waals surface area contributed by atoms with Gasteiger partial charge in [0.1, 0.15) is 5.01 Å². The smallest absolute Gasteiger partial charge is 0.110 e. The third-order valence-corrected chi connectivity index (χ3v) is 4.52. The van der Waals surface area contributed by atoms with Crippen molar-refractivity contribution in [3.63, 3.8) is 0 Å². The second-order valence-corrected chi connectivity index (χ2v) is 5.98. The summed E-state index contributed by atoms with van der Waals surface area (Å²) in [6, 6.07) is 0.384. The molecule has 2 rings (SSSR count). The Morgan fingerprint density at radius 3 is 2.88 bits per heavy atom. The van der Waals surface area contributed by atoms with Gasteiger partial charge in [0.05, 0.1) is 18.3 Å². The molecule has 3 nitrogen and oxygen atoms in total. The lowest BCUT2D eigenvalue weighted by Crippen LogP contribution is -2.29. The fourth-order valence-corrected chi connectivity index (χ4v) is 3.29. The van der Waals surface area contributed by atoms with Crippen LogP contribution in [-0.4, -0.2) is 24.7 Å². The SMILES string of the molecule is CCCNC(c1nc(C)c(C)s1)C1CCOC1. The van der Waals surface area contributed by atoms with Gasteiger partial charge in [-0.25, -0.2) is 4.98 Å². The Hall–Kier alpha value is -0.450. The summed E-state index contributed by atoms with van der Waals surface area (Å²) in [7, 11) is 0. The lowest BCUT2D eigenvalue weighted by molar-refractivity contribution is 0.176. The molecule has 1 fully saturated rings. The summed E-state index contributed by atoms with van der Waals surface area (Å²) in [5, 5.41) is 4.88. The van der Waals surface area contributed by atoms with E-state index >= 15 is 0 Å². The lowest BCUT2D eigenvalue weighted by atomic mass is 9.99. The van der Waals surface area contributed by atoms with Crippen molar-refractivity contribution >= 4 is 11.3 Å². The highest BCUT2D eigenvalue weighted by molar-refractivity contribution is 7.11. The summed E-state index contributed by atoms with van der Waals surface area (Å²) in [6.07, 6.45) is 2.31. The Morgan fingerprint density at radius 2 is 2.35 bits per heavy atom. The minimum absolute atomic E-state index is 0.384. The largest absolute Gasteiger partial charge is 0.381 e. The Kier molecular flexibility index (Phi) is 4.54. The second kappa shape index (κ2) is 5.94. The van der Waals surface area contributed by atoms with E-state index in [2.05, 4.69) is 26.1 Å². The first kappa shape index (κ1) is 13.0. The first-order valence-electron chi connectivity index (χ1n) is 6.47. The normalized spacial score (nSPS) is 21.9. The van der Waals surface area contributed by atoms with E-state index in [1.807, 2.05) is 11.3 Å². The van der Waals surface area contributed by atoms with Gasteiger partial charge in [0, 0.05) is 17.4 Å². The molecule has 0 aliphatic carbocycles. The van der Waals surface area contributed by atoms with Crippen LogP contribution in [0.5, 0.6) is 0 Å². The van der Waals surface area contributed by atoms with E-state index in [0.29, 0.717) is 12.0 Å². The molecule has 0 aromatic carbocycles. The maximum absolute atomic E-state index is 5.51. The molecule has 1 aliphatic heterocycles. The standard InChI is InChI=1S/C13H22N2OS/c1-4-6-14-12(11-5-7-16-8-11)13-15-9(2)10(3)17-13/h11-12,14H,4-8H2,1-3H3. The van der Waals surface area contributed by atoms with Gasteiger partial charge in [-0.2, -0.15) is 0 Å². The van der Waals surface area contributed by atoms with Crippen molar-refractivity contribution in [1.29, 1.82) is 0 Å². The molecule has 1 N–H and O–H groups in total. The summed E-state index contributed by atoms with van der Waals surface area (Å²) in [5.41, 5.74) is 1.17. The van der Waals surface area contributed by atoms with Gasteiger partial charge < -0.3 is 10.1 Å². The molecule has 2 unspecified atom stereocenters. The average Bonchev–Trinajstić information content (AvgIpc) is 2.92. The van der Waals surface area contributed by atoms with Crippen molar-refractivity contribution in [2.75, 3.05) is 19.8 Å². The number of hydrogen-bond donors (Lipinski definition) is 1. The molecular weight excluding hydrogens is 232 g/mol. The van der Waals surface area contributed by atoms with Crippen LogP contribution >= 0.6 is 11.3 Å². The monoisotopic (exact) mass is 254 g/mol. The first-order valence-corrected chi connectivity index (χ1v) is 7.29. The van der Waals surface area contributed by atoms with Crippen molar-refractivity contribution in [1.82, 2.24) is 10.3 Å². The van der Waals surface area contributed by atoms with Crippen LogP contribution in [0.1, 0.15) is 41.4 Å². The van der Waals surface area contributed by atoms with Crippen LogP contribution in [0.25, 0.3) is 0 Å². The van der Waals surface area contributed by atoms with Crippen LogP contribution in [0.15, 0.2) is 0 Å². The predicted octanol–water partition coefficient (Wildman–Crippen LogP) is 2.84. The van der Waals surface area contributed by atoms with Crippen LogP contribution < -0.4 is 5.32 Å². The van der Waals surface area contributed by atoms with Crippen LogP contribution in [-0.2, 0) is 4.74 Å². The van der Waals surface area contributed by atoms with Gasteiger partial charge in [-0.05, 0) is 33.2 Å². The molecule has 96 valence electrons. The number of aromatic nitrogens is 1. The molecule has 0 spiro atoms. The predicted molar refractivity (Wildman–Crippen MR) is 71.5 cm³/mol. The van der Waals surface area contributed by atoms with E-state index in [9.17, 15) is 0 Å². The Balaban J connectivity index is 2.13. The Bertz CT molecular complexity index is 339. The summed E-state index contributed by atoms with van der Waals surface area (Å²) in [6.45, 7) is 9.28. The van der Waals surface area contributed by atoms with E-state index in [1.165, 1.54) is 15.6 Å². The van der Waals surface area contributed by atoms with Crippen molar-refractivity contribution in [2.45, 2.75) is 39.7 Å².